The Morgan fingerprint density at radius 1 is 1.18 bits per heavy atom. The van der Waals surface area contributed by atoms with Crippen LogP contribution in [0.25, 0.3) is 0 Å². The molecule has 0 radical (unpaired) electrons. The lowest BCUT2D eigenvalue weighted by Crippen LogP contribution is -2.45. The van der Waals surface area contributed by atoms with E-state index in [9.17, 15) is 9.50 Å². The summed E-state index contributed by atoms with van der Waals surface area (Å²) in [7, 11) is 0. The summed E-state index contributed by atoms with van der Waals surface area (Å²) in [5.74, 6) is 0.281. The zero-order valence-electron chi connectivity index (χ0n) is 13.1. The first-order valence-electron chi connectivity index (χ1n) is 8.40. The molecule has 0 aromatic heterocycles. The van der Waals surface area contributed by atoms with Gasteiger partial charge >= 0.3 is 0 Å². The van der Waals surface area contributed by atoms with E-state index >= 15 is 0 Å². The Balaban J connectivity index is 1.62. The molecule has 1 saturated heterocycles. The lowest BCUT2D eigenvalue weighted by atomic mass is 9.80. The maximum Gasteiger partial charge on any atom is 0.123 e. The van der Waals surface area contributed by atoms with Gasteiger partial charge in [0.05, 0.1) is 6.61 Å². The second-order valence-corrected chi connectivity index (χ2v) is 6.85. The van der Waals surface area contributed by atoms with Crippen molar-refractivity contribution in [3.63, 3.8) is 0 Å². The van der Waals surface area contributed by atoms with Crippen molar-refractivity contribution in [2.75, 3.05) is 26.4 Å². The van der Waals surface area contributed by atoms with Crippen LogP contribution >= 0.6 is 0 Å². The van der Waals surface area contributed by atoms with Crippen molar-refractivity contribution in [1.82, 2.24) is 5.32 Å². The van der Waals surface area contributed by atoms with Gasteiger partial charge in [-0.3, -0.25) is 0 Å². The van der Waals surface area contributed by atoms with Gasteiger partial charge in [-0.15, -0.1) is 0 Å². The number of aliphatic hydroxyl groups excluding tert-OH is 1. The van der Waals surface area contributed by atoms with Gasteiger partial charge in [-0.1, -0.05) is 18.6 Å². The van der Waals surface area contributed by atoms with Crippen LogP contribution in [0.5, 0.6) is 0 Å². The number of hydrogen-bond donors (Lipinski definition) is 2. The molecule has 0 bridgehead atoms. The Morgan fingerprint density at radius 3 is 2.59 bits per heavy atom. The molecule has 1 aliphatic heterocycles. The number of aliphatic hydroxyl groups is 1. The Kier molecular flexibility index (Phi) is 5.11. The van der Waals surface area contributed by atoms with E-state index < -0.39 is 0 Å². The van der Waals surface area contributed by atoms with Crippen LogP contribution in [-0.4, -0.2) is 37.5 Å². The third-order valence-electron chi connectivity index (χ3n) is 5.44. The van der Waals surface area contributed by atoms with Crippen LogP contribution in [0, 0.1) is 11.2 Å². The molecule has 1 aromatic carbocycles. The average molecular weight is 307 g/mol. The number of halogens is 1. The molecule has 1 heterocycles. The summed E-state index contributed by atoms with van der Waals surface area (Å²) in [6, 6.07) is 7.36. The Hall–Kier alpha value is -0.970. The molecule has 0 spiro atoms. The quantitative estimate of drug-likeness (QED) is 0.879. The van der Waals surface area contributed by atoms with Crippen LogP contribution in [0.3, 0.4) is 0 Å². The van der Waals surface area contributed by atoms with Gasteiger partial charge in [0, 0.05) is 31.2 Å². The topological polar surface area (TPSA) is 41.5 Å². The first-order valence-corrected chi connectivity index (χ1v) is 8.40. The third kappa shape index (κ3) is 3.50. The first kappa shape index (κ1) is 15.9. The van der Waals surface area contributed by atoms with Gasteiger partial charge in [0.1, 0.15) is 5.82 Å². The highest BCUT2D eigenvalue weighted by molar-refractivity contribution is 5.23. The first-order chi connectivity index (χ1) is 10.7. The number of rotatable bonds is 5. The van der Waals surface area contributed by atoms with Crippen LogP contribution in [0.15, 0.2) is 24.3 Å². The predicted octanol–water partition coefficient (Wildman–Crippen LogP) is 2.84. The number of nitrogens with one attached hydrogen (secondary N) is 1. The summed E-state index contributed by atoms with van der Waals surface area (Å²) in [4.78, 5) is 0. The number of hydrogen-bond acceptors (Lipinski definition) is 3. The summed E-state index contributed by atoms with van der Waals surface area (Å²) in [6.07, 6.45) is 5.35. The summed E-state index contributed by atoms with van der Waals surface area (Å²) >= 11 is 0. The molecule has 2 fully saturated rings. The van der Waals surface area contributed by atoms with Crippen LogP contribution in [0.4, 0.5) is 4.39 Å². The Morgan fingerprint density at radius 2 is 1.91 bits per heavy atom. The van der Waals surface area contributed by atoms with Crippen molar-refractivity contribution in [3.05, 3.63) is 35.6 Å². The zero-order chi connectivity index (χ0) is 15.4. The molecule has 2 aliphatic rings. The summed E-state index contributed by atoms with van der Waals surface area (Å²) in [5, 5.41) is 13.5. The van der Waals surface area contributed by atoms with Crippen molar-refractivity contribution in [3.8, 4) is 0 Å². The second kappa shape index (κ2) is 7.07. The normalized spacial score (nSPS) is 27.9. The zero-order valence-corrected chi connectivity index (χ0v) is 13.1. The number of ether oxygens (including phenoxy) is 1. The average Bonchev–Trinajstić information content (AvgIpc) is 3.03. The summed E-state index contributed by atoms with van der Waals surface area (Å²) in [5.41, 5.74) is 1.19. The highest BCUT2D eigenvalue weighted by atomic mass is 19.1. The van der Waals surface area contributed by atoms with Gasteiger partial charge in [0.15, 0.2) is 0 Å². The van der Waals surface area contributed by atoms with Crippen molar-refractivity contribution in [2.45, 2.75) is 44.1 Å². The van der Waals surface area contributed by atoms with E-state index in [0.717, 1.165) is 45.4 Å². The molecular weight excluding hydrogens is 281 g/mol. The fraction of sp³-hybridized carbons (Fsp3) is 0.667. The minimum absolute atomic E-state index is 0.0335. The van der Waals surface area contributed by atoms with E-state index in [4.69, 9.17) is 4.74 Å². The van der Waals surface area contributed by atoms with Gasteiger partial charge < -0.3 is 15.2 Å². The maximum absolute atomic E-state index is 13.1. The van der Waals surface area contributed by atoms with Crippen LogP contribution < -0.4 is 5.32 Å². The largest absolute Gasteiger partial charge is 0.396 e. The van der Waals surface area contributed by atoms with Gasteiger partial charge in [0.25, 0.3) is 0 Å². The molecule has 0 amide bonds. The summed E-state index contributed by atoms with van der Waals surface area (Å²) < 4.78 is 18.5. The monoisotopic (exact) mass is 307 g/mol. The van der Waals surface area contributed by atoms with E-state index in [1.165, 1.54) is 12.0 Å². The van der Waals surface area contributed by atoms with E-state index in [1.807, 2.05) is 12.1 Å². The molecule has 2 atom stereocenters. The van der Waals surface area contributed by atoms with E-state index in [2.05, 4.69) is 5.32 Å². The molecule has 2 unspecified atom stereocenters. The maximum atomic E-state index is 13.1. The molecular formula is C18H26FNO2. The van der Waals surface area contributed by atoms with Gasteiger partial charge in [-0.2, -0.15) is 0 Å². The van der Waals surface area contributed by atoms with Crippen LogP contribution in [0.2, 0.25) is 0 Å². The second-order valence-electron chi connectivity index (χ2n) is 6.85. The van der Waals surface area contributed by atoms with E-state index in [0.29, 0.717) is 12.0 Å². The molecule has 22 heavy (non-hydrogen) atoms. The van der Waals surface area contributed by atoms with Gasteiger partial charge in [-0.25, -0.2) is 4.39 Å². The standard InChI is InChI=1S/C18H26FNO2/c19-15-6-4-14(5-7-15)16-2-1-3-17(16)20-12-18(13-21)8-10-22-11-9-18/h4-7,16-17,20-21H,1-3,8-13H2. The van der Waals surface area contributed by atoms with Crippen LogP contribution in [0.1, 0.15) is 43.6 Å². The molecule has 4 heteroatoms. The van der Waals surface area contributed by atoms with E-state index in [-0.39, 0.29) is 17.8 Å². The van der Waals surface area contributed by atoms with E-state index in [1.54, 1.807) is 12.1 Å². The van der Waals surface area contributed by atoms with Crippen molar-refractivity contribution < 1.29 is 14.2 Å². The predicted molar refractivity (Wildman–Crippen MR) is 84.4 cm³/mol. The lowest BCUT2D eigenvalue weighted by molar-refractivity contribution is -0.0166. The lowest BCUT2D eigenvalue weighted by Gasteiger charge is -2.37. The third-order valence-corrected chi connectivity index (χ3v) is 5.44. The molecule has 1 aromatic rings. The fourth-order valence-corrected chi connectivity index (χ4v) is 3.86. The van der Waals surface area contributed by atoms with Gasteiger partial charge in [-0.05, 0) is 49.3 Å². The van der Waals surface area contributed by atoms with Crippen molar-refractivity contribution >= 4 is 0 Å². The van der Waals surface area contributed by atoms with Crippen molar-refractivity contribution in [1.29, 1.82) is 0 Å². The molecule has 3 nitrogen and oxygen atoms in total. The molecule has 2 N–H and O–H groups in total. The van der Waals surface area contributed by atoms with Crippen molar-refractivity contribution in [2.24, 2.45) is 5.41 Å². The van der Waals surface area contributed by atoms with Gasteiger partial charge in [0.2, 0.25) is 0 Å². The van der Waals surface area contributed by atoms with Crippen LogP contribution in [-0.2, 0) is 4.74 Å². The number of benzene rings is 1. The molecule has 122 valence electrons. The minimum atomic E-state index is -0.173. The smallest absolute Gasteiger partial charge is 0.123 e. The Bertz CT molecular complexity index is 470. The molecule has 1 aliphatic carbocycles. The summed E-state index contributed by atoms with van der Waals surface area (Å²) in [6.45, 7) is 2.55. The molecule has 3 rings (SSSR count). The molecule has 1 saturated carbocycles. The SMILES string of the molecule is OCC1(CNC2CCCC2c2ccc(F)cc2)CCOCC1. The highest BCUT2D eigenvalue weighted by Crippen LogP contribution is 2.36. The fourth-order valence-electron chi connectivity index (χ4n) is 3.86. The Labute approximate surface area is 131 Å². The minimum Gasteiger partial charge on any atom is -0.396 e. The highest BCUT2D eigenvalue weighted by Gasteiger charge is 2.35.